The Morgan fingerprint density at radius 3 is 2.55 bits per heavy atom. The molecule has 1 aromatic rings. The molecule has 0 saturated heterocycles. The molecule has 1 heterocycles. The average Bonchev–Trinajstić information content (AvgIpc) is 2.41. The van der Waals surface area contributed by atoms with Gasteiger partial charge in [-0.25, -0.2) is 9.78 Å². The van der Waals surface area contributed by atoms with Crippen LogP contribution in [0.25, 0.3) is 6.08 Å². The molecular formula is C15H23N3O2. The van der Waals surface area contributed by atoms with Crippen molar-refractivity contribution >= 4 is 17.9 Å². The maximum absolute atomic E-state index is 10.5. The van der Waals surface area contributed by atoms with E-state index in [0.717, 1.165) is 43.5 Å². The van der Waals surface area contributed by atoms with Crippen molar-refractivity contribution in [2.45, 2.75) is 13.3 Å². The summed E-state index contributed by atoms with van der Waals surface area (Å²) in [6.07, 6.45) is 5.43. The molecule has 5 heteroatoms. The van der Waals surface area contributed by atoms with Gasteiger partial charge in [-0.05, 0) is 44.3 Å². The maximum atomic E-state index is 10.5. The third kappa shape index (κ3) is 5.84. The van der Waals surface area contributed by atoms with E-state index in [1.165, 1.54) is 0 Å². The molecule has 1 N–H and O–H groups in total. The van der Waals surface area contributed by atoms with Crippen molar-refractivity contribution in [2.24, 2.45) is 0 Å². The molecule has 0 aliphatic heterocycles. The molecule has 0 atom stereocenters. The second-order valence-corrected chi connectivity index (χ2v) is 4.91. The Morgan fingerprint density at radius 1 is 1.30 bits per heavy atom. The summed E-state index contributed by atoms with van der Waals surface area (Å²) < 4.78 is 0. The number of carboxylic acid groups (broad SMARTS) is 1. The van der Waals surface area contributed by atoms with E-state index >= 15 is 0 Å². The van der Waals surface area contributed by atoms with E-state index in [-0.39, 0.29) is 0 Å². The number of rotatable bonds is 8. The zero-order valence-electron chi connectivity index (χ0n) is 12.4. The van der Waals surface area contributed by atoms with E-state index in [1.54, 1.807) is 12.3 Å². The van der Waals surface area contributed by atoms with Gasteiger partial charge in [-0.1, -0.05) is 6.92 Å². The Kier molecular flexibility index (Phi) is 6.73. The molecular weight excluding hydrogens is 254 g/mol. The summed E-state index contributed by atoms with van der Waals surface area (Å²) in [5.41, 5.74) is 0.792. The molecule has 0 aromatic carbocycles. The summed E-state index contributed by atoms with van der Waals surface area (Å²) in [7, 11) is 4.11. The van der Waals surface area contributed by atoms with Crippen molar-refractivity contribution in [3.63, 3.8) is 0 Å². The zero-order valence-corrected chi connectivity index (χ0v) is 12.4. The number of aliphatic carboxylic acids is 1. The smallest absolute Gasteiger partial charge is 0.328 e. The van der Waals surface area contributed by atoms with Gasteiger partial charge < -0.3 is 14.9 Å². The molecule has 0 aliphatic carbocycles. The first-order chi connectivity index (χ1) is 9.52. The van der Waals surface area contributed by atoms with Crippen LogP contribution in [0, 0.1) is 0 Å². The number of carboxylic acids is 1. The molecule has 0 saturated carbocycles. The van der Waals surface area contributed by atoms with Crippen LogP contribution in [-0.2, 0) is 4.79 Å². The first-order valence-corrected chi connectivity index (χ1v) is 6.79. The van der Waals surface area contributed by atoms with Crippen LogP contribution in [-0.4, -0.2) is 54.7 Å². The van der Waals surface area contributed by atoms with Crippen LogP contribution < -0.4 is 4.90 Å². The summed E-state index contributed by atoms with van der Waals surface area (Å²) in [5, 5.41) is 8.59. The number of pyridine rings is 1. The van der Waals surface area contributed by atoms with Crippen molar-refractivity contribution in [1.82, 2.24) is 9.88 Å². The van der Waals surface area contributed by atoms with Crippen LogP contribution in [0.2, 0.25) is 0 Å². The molecule has 0 amide bonds. The molecule has 1 rings (SSSR count). The quantitative estimate of drug-likeness (QED) is 0.736. The second kappa shape index (κ2) is 8.32. The van der Waals surface area contributed by atoms with Crippen LogP contribution in [0.3, 0.4) is 0 Å². The number of likely N-dealkylation sites (N-methyl/N-ethyl adjacent to an activating group) is 1. The minimum absolute atomic E-state index is 0.792. The summed E-state index contributed by atoms with van der Waals surface area (Å²) in [6, 6.07) is 3.83. The highest BCUT2D eigenvalue weighted by Gasteiger charge is 2.07. The number of anilines is 1. The first-order valence-electron chi connectivity index (χ1n) is 6.79. The molecule has 0 fully saturated rings. The standard InChI is InChI=1S/C15H23N3O2/c1-4-9-18(11-10-17(2)3)14-7-5-13(12-16-14)6-8-15(19)20/h5-8,12H,4,9-11H2,1-3H3,(H,19,20)/b8-6+. The number of carbonyl (C=O) groups is 1. The van der Waals surface area contributed by atoms with Crippen molar-refractivity contribution in [2.75, 3.05) is 38.6 Å². The van der Waals surface area contributed by atoms with Gasteiger partial charge in [0, 0.05) is 31.9 Å². The lowest BCUT2D eigenvalue weighted by atomic mass is 10.2. The lowest BCUT2D eigenvalue weighted by Gasteiger charge is -2.24. The molecule has 0 spiro atoms. The predicted octanol–water partition coefficient (Wildman–Crippen LogP) is 1.96. The fourth-order valence-electron chi connectivity index (χ4n) is 1.78. The van der Waals surface area contributed by atoms with Gasteiger partial charge in [0.25, 0.3) is 0 Å². The topological polar surface area (TPSA) is 56.7 Å². The maximum Gasteiger partial charge on any atom is 0.328 e. The number of hydrogen-bond acceptors (Lipinski definition) is 4. The van der Waals surface area contributed by atoms with Crippen LogP contribution in [0.4, 0.5) is 5.82 Å². The first kappa shape index (κ1) is 16.2. The van der Waals surface area contributed by atoms with Crippen LogP contribution >= 0.6 is 0 Å². The molecule has 1 aromatic heterocycles. The monoisotopic (exact) mass is 277 g/mol. The molecule has 0 bridgehead atoms. The van der Waals surface area contributed by atoms with E-state index in [0.29, 0.717) is 0 Å². The van der Waals surface area contributed by atoms with Crippen molar-refractivity contribution in [1.29, 1.82) is 0 Å². The van der Waals surface area contributed by atoms with E-state index in [1.807, 2.05) is 12.1 Å². The van der Waals surface area contributed by atoms with Gasteiger partial charge in [0.1, 0.15) is 5.82 Å². The fraction of sp³-hybridized carbons (Fsp3) is 0.467. The fourth-order valence-corrected chi connectivity index (χ4v) is 1.78. The van der Waals surface area contributed by atoms with Gasteiger partial charge in [0.2, 0.25) is 0 Å². The van der Waals surface area contributed by atoms with Crippen molar-refractivity contribution in [3.05, 3.63) is 30.0 Å². The third-order valence-electron chi connectivity index (χ3n) is 2.82. The third-order valence-corrected chi connectivity index (χ3v) is 2.82. The van der Waals surface area contributed by atoms with Crippen molar-refractivity contribution in [3.8, 4) is 0 Å². The van der Waals surface area contributed by atoms with E-state index in [4.69, 9.17) is 5.11 Å². The van der Waals surface area contributed by atoms with Gasteiger partial charge in [0.15, 0.2) is 0 Å². The minimum atomic E-state index is -0.951. The largest absolute Gasteiger partial charge is 0.478 e. The predicted molar refractivity (Wildman–Crippen MR) is 82.0 cm³/mol. The van der Waals surface area contributed by atoms with Gasteiger partial charge in [0.05, 0.1) is 0 Å². The van der Waals surface area contributed by atoms with Crippen LogP contribution in [0.5, 0.6) is 0 Å². The molecule has 0 unspecified atom stereocenters. The van der Waals surface area contributed by atoms with Gasteiger partial charge in [-0.2, -0.15) is 0 Å². The Balaban J connectivity index is 2.74. The average molecular weight is 277 g/mol. The van der Waals surface area contributed by atoms with Crippen LogP contribution in [0.1, 0.15) is 18.9 Å². The molecule has 0 aliphatic rings. The Bertz CT molecular complexity index is 441. The lowest BCUT2D eigenvalue weighted by Crippen LogP contribution is -2.32. The van der Waals surface area contributed by atoms with Gasteiger partial charge in [-0.15, -0.1) is 0 Å². The van der Waals surface area contributed by atoms with Gasteiger partial charge in [-0.3, -0.25) is 0 Å². The summed E-state index contributed by atoms with van der Waals surface area (Å²) in [4.78, 5) is 19.3. The Hall–Kier alpha value is -1.88. The lowest BCUT2D eigenvalue weighted by molar-refractivity contribution is -0.131. The molecule has 110 valence electrons. The Morgan fingerprint density at radius 2 is 2.05 bits per heavy atom. The summed E-state index contributed by atoms with van der Waals surface area (Å²) in [5.74, 6) is -0.0196. The highest BCUT2D eigenvalue weighted by atomic mass is 16.4. The summed E-state index contributed by atoms with van der Waals surface area (Å²) >= 11 is 0. The number of aromatic nitrogens is 1. The molecule has 0 radical (unpaired) electrons. The van der Waals surface area contributed by atoms with Gasteiger partial charge >= 0.3 is 5.97 Å². The zero-order chi connectivity index (χ0) is 15.0. The number of hydrogen-bond donors (Lipinski definition) is 1. The van der Waals surface area contributed by atoms with E-state index in [2.05, 4.69) is 35.8 Å². The molecule has 20 heavy (non-hydrogen) atoms. The minimum Gasteiger partial charge on any atom is -0.478 e. The molecule has 5 nitrogen and oxygen atoms in total. The summed E-state index contributed by atoms with van der Waals surface area (Å²) in [6.45, 7) is 5.01. The second-order valence-electron chi connectivity index (χ2n) is 4.91. The highest BCUT2D eigenvalue weighted by Crippen LogP contribution is 2.12. The highest BCUT2D eigenvalue weighted by molar-refractivity contribution is 5.85. The van der Waals surface area contributed by atoms with Crippen LogP contribution in [0.15, 0.2) is 24.4 Å². The Labute approximate surface area is 120 Å². The SMILES string of the molecule is CCCN(CCN(C)C)c1ccc(/C=C/C(=O)O)cn1. The number of nitrogens with zero attached hydrogens (tertiary/aromatic N) is 3. The van der Waals surface area contributed by atoms with E-state index < -0.39 is 5.97 Å². The normalized spacial score (nSPS) is 11.2. The van der Waals surface area contributed by atoms with E-state index in [9.17, 15) is 4.79 Å². The van der Waals surface area contributed by atoms with Crippen molar-refractivity contribution < 1.29 is 9.90 Å².